The van der Waals surface area contributed by atoms with Crippen LogP contribution in [0, 0.1) is 17.8 Å². The number of alkyl halides is 30. The van der Waals surface area contributed by atoms with Crippen LogP contribution in [0.2, 0.25) is 0 Å². The van der Waals surface area contributed by atoms with Gasteiger partial charge in [-0.15, -0.1) is 0 Å². The molecule has 24 nitrogen and oxygen atoms in total. The molecule has 0 heterocycles. The lowest BCUT2D eigenvalue weighted by Crippen LogP contribution is -2.66. The number of carbonyl (C=O) groups is 4. The van der Waals surface area contributed by atoms with E-state index in [9.17, 15) is 192 Å². The quantitative estimate of drug-likeness (QED) is 0.0121. The van der Waals surface area contributed by atoms with Crippen molar-refractivity contribution in [3.8, 4) is 0 Å². The molecule has 0 radical (unpaired) electrons. The second kappa shape index (κ2) is 49.0. The molecule has 54 heteroatoms. The first-order valence-electron chi connectivity index (χ1n) is 44.0. The molecule has 0 bridgehead atoms. The molecule has 15 atom stereocenters. The molecular formula is C91H144F30O24. The van der Waals surface area contributed by atoms with Crippen molar-refractivity contribution in [2.75, 3.05) is 13.2 Å². The van der Waals surface area contributed by atoms with E-state index < -0.39 is 274 Å². The minimum absolute atomic E-state index is 0.0300. The Kier molecular flexibility index (Phi) is 49.1. The summed E-state index contributed by atoms with van der Waals surface area (Å²) in [5.41, 5.74) is -44.3. The Labute approximate surface area is 823 Å². The molecule has 8 N–H and O–H groups in total. The number of halogens is 30. The van der Waals surface area contributed by atoms with Crippen molar-refractivity contribution in [3.63, 3.8) is 0 Å². The van der Waals surface area contributed by atoms with Crippen LogP contribution < -0.4 is 0 Å². The summed E-state index contributed by atoms with van der Waals surface area (Å²) in [5, 5.41) is 78.9. The Bertz CT molecular complexity index is 4110. The van der Waals surface area contributed by atoms with Crippen molar-refractivity contribution in [3.05, 3.63) is 48.6 Å². The largest absolute Gasteiger partial charge is 0.462 e. The molecular weight excluding hydrogens is 2050 g/mol. The predicted molar refractivity (Wildman–Crippen MR) is 462 cm³/mol. The van der Waals surface area contributed by atoms with E-state index in [1.54, 1.807) is 41.5 Å². The van der Waals surface area contributed by atoms with E-state index in [0.29, 0.717) is 41.5 Å². The van der Waals surface area contributed by atoms with Gasteiger partial charge in [0.1, 0.15) is 42.2 Å². The van der Waals surface area contributed by atoms with Gasteiger partial charge in [0.2, 0.25) is 0 Å². The maximum absolute atomic E-state index is 13.4. The van der Waals surface area contributed by atoms with Gasteiger partial charge < -0.3 is 97.7 Å². The van der Waals surface area contributed by atoms with Crippen LogP contribution in [0.5, 0.6) is 0 Å². The molecule has 0 aromatic rings. The number of ether oxygens (including phenoxy) is 12. The van der Waals surface area contributed by atoms with E-state index in [2.05, 4.69) is 26.3 Å². The third-order valence-electron chi connectivity index (χ3n) is 24.2. The maximum atomic E-state index is 13.4. The fourth-order valence-corrected chi connectivity index (χ4v) is 14.0. The minimum Gasteiger partial charge on any atom is -0.462 e. The zero-order valence-electron chi connectivity index (χ0n) is 87.3. The lowest BCUT2D eigenvalue weighted by Gasteiger charge is -2.48. The number of rotatable bonds is 46. The zero-order valence-corrected chi connectivity index (χ0v) is 87.3. The number of carbonyl (C=O) groups excluding carboxylic acids is 4. The lowest BCUT2D eigenvalue weighted by atomic mass is 9.78. The van der Waals surface area contributed by atoms with Crippen LogP contribution in [0.3, 0.4) is 0 Å². The Balaban J connectivity index is -0.000000914. The Morgan fingerprint density at radius 1 is 0.248 bits per heavy atom. The molecule has 0 aromatic carbocycles. The Morgan fingerprint density at radius 3 is 0.717 bits per heavy atom. The van der Waals surface area contributed by atoms with Crippen LogP contribution in [0.25, 0.3) is 0 Å². The number of esters is 4. The minimum atomic E-state index is -6.23. The van der Waals surface area contributed by atoms with Crippen molar-refractivity contribution >= 4 is 23.9 Å². The van der Waals surface area contributed by atoms with E-state index in [4.69, 9.17) is 56.8 Å². The highest BCUT2D eigenvalue weighted by molar-refractivity contribution is 5.88. The maximum Gasteiger partial charge on any atom is 0.428 e. The van der Waals surface area contributed by atoms with E-state index in [1.165, 1.54) is 90.0 Å². The van der Waals surface area contributed by atoms with Gasteiger partial charge in [-0.1, -0.05) is 26.3 Å². The SMILES string of the molecule is C=C(C)C(=O)OC(C)C(CC(C)(C)OC(C)C(C)(C)O)C(C)(C)OC(C)C(O)(C(F)(F)F)C(F)(F)F.C=C(C)C(=O)OC(CC(C)(C)OC(C)C(O)(C(F)(F)F)C(F)(F)F)C(C)(C)OC(C)C(C)(O)C(F)(F)F.C=C(C)C(=O)OCC(C(C)(C)OC(C)C(C)(O)C(F)(F)F)C(C)(C)OC(C)C(O)(C(F)(F)F)C(F)(F)F.C=C(C)C(=O)OCC(CC(C)(C)OC(C)C(C)(C)O)C(C)(C)OC(C)C(O)(C(F)(F)F)C(F)(F)F. The molecule has 0 aliphatic rings. The average molecular weight is 2190 g/mol. The molecule has 0 saturated carbocycles. The van der Waals surface area contributed by atoms with Crippen LogP contribution in [0.15, 0.2) is 48.6 Å². The van der Waals surface area contributed by atoms with Crippen LogP contribution in [-0.4, -0.2) is 290 Å². The summed E-state index contributed by atoms with van der Waals surface area (Å²) in [6.07, 6.45) is -79.9. The van der Waals surface area contributed by atoms with Crippen LogP contribution in [0.4, 0.5) is 132 Å². The van der Waals surface area contributed by atoms with Crippen molar-refractivity contribution in [1.29, 1.82) is 0 Å². The topological polar surface area (TPSA) is 341 Å². The molecule has 0 saturated heterocycles. The smallest absolute Gasteiger partial charge is 0.428 e. The van der Waals surface area contributed by atoms with Crippen molar-refractivity contribution in [1.82, 2.24) is 0 Å². The first-order valence-corrected chi connectivity index (χ1v) is 44.0. The van der Waals surface area contributed by atoms with Gasteiger partial charge in [-0.05, 0) is 255 Å². The second-order valence-corrected chi connectivity index (χ2v) is 41.8. The number of hydrogen-bond donors (Lipinski definition) is 8. The summed E-state index contributed by atoms with van der Waals surface area (Å²) < 4.78 is 463. The molecule has 0 fully saturated rings. The average Bonchev–Trinajstić information content (AvgIpc) is 0.743. The summed E-state index contributed by atoms with van der Waals surface area (Å²) >= 11 is 0. The summed E-state index contributed by atoms with van der Waals surface area (Å²) in [6, 6.07) is 0. The van der Waals surface area contributed by atoms with Crippen LogP contribution >= 0.6 is 0 Å². The predicted octanol–water partition coefficient (Wildman–Crippen LogP) is 21.3. The Hall–Kier alpha value is -5.90. The standard InChI is InChI=1S/C24H40F6O6.C23H38F6O6.2C22H33F9O6/c1-13(2)18(31)34-14(3)17(12-19(6,7)35-15(4)20(8,9)32)21(10,11)36-16(5)22(33,23(25,26)27)24(28,29)30;1-13(2)17(30)33-12-16(11-18(5,6)34-14(3)19(7,8)31)20(9,10)35-15(4)21(32,22(24,25)26)23(27,28)29;1-11(2)15(32)35-10-14(16(5,6)36-12(3)18(9,33)20(23,24)25)17(7,8)37-13(4)19(34,21(26,27)28)22(29,30)31;1-11(2)15(32)35-14(17(7,8)37-12(3)18(9,33)20(23,24)25)10-16(5,6)36-13(4)19(34,21(26,27)28)22(29,30)31/h14-17,32-33H,1,12H2,2-11H3;14-16,31-32H,1,11-12H2,2-10H3;2*12-14,33-34H,1,10H2,2-9H3. The van der Waals surface area contributed by atoms with Crippen LogP contribution in [-0.2, 0) is 76.0 Å². The molecule has 0 aliphatic heterocycles. The fraction of sp³-hybridized carbons (Fsp3) is 0.868. The van der Waals surface area contributed by atoms with Gasteiger partial charge in [0, 0.05) is 40.5 Å². The van der Waals surface area contributed by atoms with Gasteiger partial charge in [0.25, 0.3) is 22.4 Å². The third kappa shape index (κ3) is 39.3. The van der Waals surface area contributed by atoms with E-state index in [-0.39, 0.29) is 35.1 Å². The summed E-state index contributed by atoms with van der Waals surface area (Å²) in [7, 11) is 0. The molecule has 0 amide bonds. The Morgan fingerprint density at radius 2 is 0.462 bits per heavy atom. The second-order valence-electron chi connectivity index (χ2n) is 41.8. The zero-order chi connectivity index (χ0) is 118. The molecule has 0 aliphatic carbocycles. The molecule has 15 unspecified atom stereocenters. The highest BCUT2D eigenvalue weighted by Crippen LogP contribution is 2.55. The summed E-state index contributed by atoms with van der Waals surface area (Å²) in [4.78, 5) is 48.2. The van der Waals surface area contributed by atoms with Crippen LogP contribution in [0.1, 0.15) is 262 Å². The molecule has 145 heavy (non-hydrogen) atoms. The van der Waals surface area contributed by atoms with Gasteiger partial charge in [-0.25, -0.2) is 19.2 Å². The molecule has 0 spiro atoms. The number of aliphatic hydroxyl groups is 8. The van der Waals surface area contributed by atoms with E-state index in [0.717, 1.165) is 69.2 Å². The van der Waals surface area contributed by atoms with E-state index in [1.807, 2.05) is 0 Å². The van der Waals surface area contributed by atoms with Crippen molar-refractivity contribution in [2.24, 2.45) is 17.8 Å². The normalized spacial score (nSPS) is 18.0. The molecule has 0 aromatic heterocycles. The summed E-state index contributed by atoms with van der Waals surface area (Å²) in [6.45, 7) is 52.0. The van der Waals surface area contributed by atoms with Gasteiger partial charge >= 0.3 is 85.6 Å². The molecule has 862 valence electrons. The highest BCUT2D eigenvalue weighted by atomic mass is 19.5. The fourth-order valence-electron chi connectivity index (χ4n) is 14.0. The first kappa shape index (κ1) is 145. The highest BCUT2D eigenvalue weighted by Gasteiger charge is 2.78. The van der Waals surface area contributed by atoms with E-state index >= 15 is 0 Å². The van der Waals surface area contributed by atoms with Crippen molar-refractivity contribution in [2.45, 2.75) is 474 Å². The monoisotopic (exact) mass is 2190 g/mol. The number of hydrogen-bond acceptors (Lipinski definition) is 24. The van der Waals surface area contributed by atoms with Gasteiger partial charge in [-0.2, -0.15) is 132 Å². The lowest BCUT2D eigenvalue weighted by molar-refractivity contribution is -0.401. The van der Waals surface area contributed by atoms with Crippen molar-refractivity contribution < 1.29 is 249 Å². The molecule has 0 rings (SSSR count). The van der Waals surface area contributed by atoms with Gasteiger partial charge in [0.05, 0.1) is 94.0 Å². The van der Waals surface area contributed by atoms with Gasteiger partial charge in [0.15, 0.2) is 11.2 Å². The van der Waals surface area contributed by atoms with Gasteiger partial charge in [-0.3, -0.25) is 0 Å². The third-order valence-corrected chi connectivity index (χ3v) is 24.2. The first-order chi connectivity index (χ1) is 62.7. The summed E-state index contributed by atoms with van der Waals surface area (Å²) in [5.74, 6) is -7.33.